The van der Waals surface area contributed by atoms with Gasteiger partial charge in [-0.2, -0.15) is 0 Å². The number of rotatable bonds is 0. The molecule has 0 unspecified atom stereocenters. The molecule has 0 radical (unpaired) electrons. The van der Waals surface area contributed by atoms with Crippen molar-refractivity contribution in [3.63, 3.8) is 0 Å². The van der Waals surface area contributed by atoms with Crippen molar-refractivity contribution >= 4 is 27.7 Å². The summed E-state index contributed by atoms with van der Waals surface area (Å²) in [4.78, 5) is 12.5. The standard InChI is InChI=1S/C24H18O3/c1-24(2)19-11-13-21(17-9-5-3-7-15(17)19)26-23(25)27-22-14-12-20(24)16-8-4-6-10-18(16)22/h3-14H,1-2H3. The molecule has 2 heterocycles. The molecule has 0 fully saturated rings. The summed E-state index contributed by atoms with van der Waals surface area (Å²) in [6.45, 7) is 4.46. The molecule has 3 nitrogen and oxygen atoms in total. The molecule has 4 aromatic rings. The van der Waals surface area contributed by atoms with Crippen molar-refractivity contribution in [2.24, 2.45) is 0 Å². The monoisotopic (exact) mass is 354 g/mol. The molecule has 3 heteroatoms. The number of carbonyl (C=O) groups excluding carboxylic acids is 1. The van der Waals surface area contributed by atoms with Crippen LogP contribution in [0, 0.1) is 0 Å². The highest BCUT2D eigenvalue weighted by Crippen LogP contribution is 2.43. The van der Waals surface area contributed by atoms with Gasteiger partial charge in [0, 0.05) is 16.2 Å². The second-order valence-corrected chi connectivity index (χ2v) is 7.39. The van der Waals surface area contributed by atoms with Gasteiger partial charge in [0.15, 0.2) is 0 Å². The Hall–Kier alpha value is -3.33. The van der Waals surface area contributed by atoms with E-state index in [0.29, 0.717) is 11.5 Å². The summed E-state index contributed by atoms with van der Waals surface area (Å²) in [5.74, 6) is 1.02. The molecule has 0 atom stereocenters. The molecule has 27 heavy (non-hydrogen) atoms. The third-order valence-corrected chi connectivity index (χ3v) is 5.50. The van der Waals surface area contributed by atoms with E-state index in [2.05, 4.69) is 38.1 Å². The van der Waals surface area contributed by atoms with Crippen LogP contribution in [0.25, 0.3) is 21.5 Å². The minimum atomic E-state index is -0.731. The molecule has 2 aliphatic heterocycles. The van der Waals surface area contributed by atoms with E-state index < -0.39 is 6.16 Å². The van der Waals surface area contributed by atoms with Crippen LogP contribution in [-0.2, 0) is 5.41 Å². The van der Waals surface area contributed by atoms with E-state index in [1.165, 1.54) is 11.1 Å². The fourth-order valence-corrected chi connectivity index (χ4v) is 4.16. The lowest BCUT2D eigenvalue weighted by Gasteiger charge is -2.30. The van der Waals surface area contributed by atoms with Crippen molar-refractivity contribution in [3.05, 3.63) is 83.9 Å². The zero-order chi connectivity index (χ0) is 18.6. The molecule has 0 amide bonds. The molecule has 0 aliphatic carbocycles. The summed E-state index contributed by atoms with van der Waals surface area (Å²) in [6.07, 6.45) is -0.731. The fourth-order valence-electron chi connectivity index (χ4n) is 4.16. The Morgan fingerprint density at radius 2 is 1.00 bits per heavy atom. The van der Waals surface area contributed by atoms with Crippen LogP contribution in [0.3, 0.4) is 0 Å². The number of carbonyl (C=O) groups is 1. The minimum Gasteiger partial charge on any atom is -0.394 e. The highest BCUT2D eigenvalue weighted by molar-refractivity contribution is 5.97. The molecule has 6 rings (SSSR count). The van der Waals surface area contributed by atoms with Gasteiger partial charge in [-0.05, 0) is 34.0 Å². The van der Waals surface area contributed by atoms with Crippen molar-refractivity contribution in [1.82, 2.24) is 0 Å². The molecule has 2 aliphatic rings. The minimum absolute atomic E-state index is 0.251. The molecule has 0 saturated heterocycles. The number of hydrogen-bond acceptors (Lipinski definition) is 3. The highest BCUT2D eigenvalue weighted by atomic mass is 16.7. The molecule has 0 N–H and O–H groups in total. The summed E-state index contributed by atoms with van der Waals surface area (Å²) in [5.41, 5.74) is 2.13. The average molecular weight is 354 g/mol. The van der Waals surface area contributed by atoms with Crippen LogP contribution >= 0.6 is 0 Å². The number of benzene rings is 4. The SMILES string of the molecule is CC1(C)c2ccc(c3ccccc23)OC(=O)Oc2ccc1c1ccccc21. The predicted octanol–water partition coefficient (Wildman–Crippen LogP) is 6.21. The zero-order valence-electron chi connectivity index (χ0n) is 15.2. The Bertz CT molecular complexity index is 1130. The predicted molar refractivity (Wildman–Crippen MR) is 107 cm³/mol. The second kappa shape index (κ2) is 5.58. The van der Waals surface area contributed by atoms with Crippen molar-refractivity contribution < 1.29 is 14.3 Å². The zero-order valence-corrected chi connectivity index (χ0v) is 15.2. The quantitative estimate of drug-likeness (QED) is 0.278. The maximum atomic E-state index is 12.5. The van der Waals surface area contributed by atoms with Crippen LogP contribution in [0.5, 0.6) is 11.5 Å². The van der Waals surface area contributed by atoms with Crippen LogP contribution in [-0.4, -0.2) is 6.16 Å². The van der Waals surface area contributed by atoms with Crippen LogP contribution in [0.2, 0.25) is 0 Å². The largest absolute Gasteiger partial charge is 0.519 e. The van der Waals surface area contributed by atoms with Gasteiger partial charge in [-0.15, -0.1) is 0 Å². The van der Waals surface area contributed by atoms with E-state index in [9.17, 15) is 4.79 Å². The molecule has 4 bridgehead atoms. The summed E-state index contributed by atoms with van der Waals surface area (Å²) in [5, 5.41) is 3.95. The summed E-state index contributed by atoms with van der Waals surface area (Å²) in [6, 6.07) is 23.8. The molecule has 0 aromatic heterocycles. The first-order valence-electron chi connectivity index (χ1n) is 9.00. The Morgan fingerprint density at radius 1 is 0.593 bits per heavy atom. The molecule has 132 valence electrons. The Balaban J connectivity index is 1.94. The fraction of sp³-hybridized carbons (Fsp3) is 0.125. The topological polar surface area (TPSA) is 35.5 Å². The van der Waals surface area contributed by atoms with Gasteiger partial charge in [-0.25, -0.2) is 4.79 Å². The third kappa shape index (κ3) is 2.32. The highest BCUT2D eigenvalue weighted by Gasteiger charge is 2.29. The van der Waals surface area contributed by atoms with Gasteiger partial charge in [0.2, 0.25) is 0 Å². The maximum Gasteiger partial charge on any atom is 0.519 e. The number of fused-ring (bicyclic) bond motifs is 4. The summed E-state index contributed by atoms with van der Waals surface area (Å²) < 4.78 is 11.1. The first kappa shape index (κ1) is 15.9. The van der Waals surface area contributed by atoms with Crippen molar-refractivity contribution in [2.45, 2.75) is 19.3 Å². The Kier molecular flexibility index (Phi) is 3.28. The van der Waals surface area contributed by atoms with Crippen molar-refractivity contribution in [1.29, 1.82) is 0 Å². The lowest BCUT2D eigenvalue weighted by molar-refractivity contribution is 0.153. The van der Waals surface area contributed by atoms with Gasteiger partial charge < -0.3 is 9.47 Å². The van der Waals surface area contributed by atoms with Gasteiger partial charge in [-0.1, -0.05) is 74.5 Å². The summed E-state index contributed by atoms with van der Waals surface area (Å²) in [7, 11) is 0. The lowest BCUT2D eigenvalue weighted by atomic mass is 9.74. The van der Waals surface area contributed by atoms with E-state index in [1.54, 1.807) is 0 Å². The van der Waals surface area contributed by atoms with Crippen LogP contribution in [0.4, 0.5) is 4.79 Å². The Labute approximate surface area is 157 Å². The second-order valence-electron chi connectivity index (χ2n) is 7.39. The number of hydrogen-bond donors (Lipinski definition) is 0. The molecular formula is C24H18O3. The van der Waals surface area contributed by atoms with Crippen molar-refractivity contribution in [2.75, 3.05) is 0 Å². The van der Waals surface area contributed by atoms with E-state index in [-0.39, 0.29) is 5.41 Å². The van der Waals surface area contributed by atoms with E-state index in [0.717, 1.165) is 21.5 Å². The van der Waals surface area contributed by atoms with Crippen LogP contribution < -0.4 is 9.47 Å². The van der Waals surface area contributed by atoms with Gasteiger partial charge >= 0.3 is 6.16 Å². The molecule has 4 aromatic carbocycles. The van der Waals surface area contributed by atoms with Gasteiger partial charge in [-0.3, -0.25) is 0 Å². The smallest absolute Gasteiger partial charge is 0.394 e. The Morgan fingerprint density at radius 3 is 1.44 bits per heavy atom. The molecule has 0 spiro atoms. The number of ether oxygens (including phenoxy) is 2. The van der Waals surface area contributed by atoms with Gasteiger partial charge in [0.25, 0.3) is 0 Å². The third-order valence-electron chi connectivity index (χ3n) is 5.50. The average Bonchev–Trinajstić information content (AvgIpc) is 2.67. The van der Waals surface area contributed by atoms with Gasteiger partial charge in [0.1, 0.15) is 11.5 Å². The normalized spacial score (nSPS) is 15.3. The van der Waals surface area contributed by atoms with Gasteiger partial charge in [0.05, 0.1) is 0 Å². The molecular weight excluding hydrogens is 336 g/mol. The van der Waals surface area contributed by atoms with Crippen LogP contribution in [0.1, 0.15) is 25.0 Å². The first-order chi connectivity index (χ1) is 13.1. The molecule has 0 saturated carbocycles. The van der Waals surface area contributed by atoms with Crippen molar-refractivity contribution in [3.8, 4) is 11.5 Å². The van der Waals surface area contributed by atoms with E-state index >= 15 is 0 Å². The first-order valence-corrected chi connectivity index (χ1v) is 9.00. The summed E-state index contributed by atoms with van der Waals surface area (Å²) >= 11 is 0. The van der Waals surface area contributed by atoms with E-state index in [1.807, 2.05) is 48.5 Å². The van der Waals surface area contributed by atoms with E-state index in [4.69, 9.17) is 9.47 Å². The van der Waals surface area contributed by atoms with Crippen LogP contribution in [0.15, 0.2) is 72.8 Å². The lowest BCUT2D eigenvalue weighted by Crippen LogP contribution is -2.22. The maximum absolute atomic E-state index is 12.5.